The highest BCUT2D eigenvalue weighted by atomic mass is 127. The van der Waals surface area contributed by atoms with E-state index < -0.39 is 0 Å². The van der Waals surface area contributed by atoms with E-state index in [9.17, 15) is 4.79 Å². The Bertz CT molecular complexity index is 438. The second-order valence-corrected chi connectivity index (χ2v) is 5.53. The molecule has 1 N–H and O–H groups in total. The molecule has 1 aromatic heterocycles. The average Bonchev–Trinajstić information content (AvgIpc) is 2.36. The third-order valence-corrected chi connectivity index (χ3v) is 4.17. The van der Waals surface area contributed by atoms with Gasteiger partial charge in [-0.25, -0.2) is 4.98 Å². The topological polar surface area (TPSA) is 49.0 Å². The number of nitrogens with zero attached hydrogens (tertiary/aromatic N) is 2. The Morgan fingerprint density at radius 3 is 2.71 bits per heavy atom. The second kappa shape index (κ2) is 5.84. The molecule has 0 unspecified atom stereocenters. The molecule has 1 fully saturated rings. The van der Waals surface area contributed by atoms with Crippen molar-refractivity contribution in [2.24, 2.45) is 0 Å². The maximum atomic E-state index is 11.8. The smallest absolute Gasteiger partial charge is 0.265 e. The third kappa shape index (κ3) is 3.00. The lowest BCUT2D eigenvalue weighted by Gasteiger charge is -2.27. The van der Waals surface area contributed by atoms with Crippen LogP contribution < -0.4 is 10.5 Å². The van der Waals surface area contributed by atoms with Crippen LogP contribution in [0.15, 0.2) is 4.79 Å². The summed E-state index contributed by atoms with van der Waals surface area (Å²) in [6, 6.07) is 0. The fraction of sp³-hybridized carbons (Fsp3) is 0.667. The summed E-state index contributed by atoms with van der Waals surface area (Å²) in [4.78, 5) is 21.5. The fourth-order valence-electron chi connectivity index (χ4n) is 2.15. The zero-order chi connectivity index (χ0) is 12.3. The molecule has 0 atom stereocenters. The Hall–Kier alpha value is -0.590. The molecule has 1 saturated heterocycles. The molecule has 1 aromatic rings. The zero-order valence-electron chi connectivity index (χ0n) is 10.1. The van der Waals surface area contributed by atoms with Crippen molar-refractivity contribution in [3.63, 3.8) is 0 Å². The minimum Gasteiger partial charge on any atom is -0.342 e. The van der Waals surface area contributed by atoms with Crippen LogP contribution in [0.2, 0.25) is 0 Å². The first kappa shape index (κ1) is 12.9. The molecule has 0 amide bonds. The predicted molar refractivity (Wildman–Crippen MR) is 77.6 cm³/mol. The number of H-pyrrole nitrogens is 1. The Morgan fingerprint density at radius 1 is 1.35 bits per heavy atom. The minimum absolute atomic E-state index is 0.00428. The summed E-state index contributed by atoms with van der Waals surface area (Å²) in [5, 5.41) is 0. The molecule has 0 spiro atoms. The van der Waals surface area contributed by atoms with E-state index in [4.69, 9.17) is 0 Å². The lowest BCUT2D eigenvalue weighted by molar-refractivity contribution is 0.566. The summed E-state index contributed by atoms with van der Waals surface area (Å²) in [7, 11) is 0. The van der Waals surface area contributed by atoms with Crippen molar-refractivity contribution in [1.29, 1.82) is 0 Å². The molecule has 0 aliphatic carbocycles. The van der Waals surface area contributed by atoms with Crippen LogP contribution in [0.1, 0.15) is 38.3 Å². The van der Waals surface area contributed by atoms with E-state index in [2.05, 4.69) is 44.4 Å². The van der Waals surface area contributed by atoms with Gasteiger partial charge in [0.15, 0.2) is 0 Å². The number of hydrogen-bond acceptors (Lipinski definition) is 3. The van der Waals surface area contributed by atoms with Crippen molar-refractivity contribution in [1.82, 2.24) is 9.97 Å². The van der Waals surface area contributed by atoms with Crippen molar-refractivity contribution in [2.75, 3.05) is 18.0 Å². The van der Waals surface area contributed by atoms with Crippen LogP contribution in [-0.4, -0.2) is 23.1 Å². The molecule has 94 valence electrons. The van der Waals surface area contributed by atoms with Gasteiger partial charge in [-0.3, -0.25) is 9.78 Å². The van der Waals surface area contributed by atoms with Crippen molar-refractivity contribution in [3.8, 4) is 0 Å². The van der Waals surface area contributed by atoms with Crippen LogP contribution >= 0.6 is 22.6 Å². The van der Waals surface area contributed by atoms with Gasteiger partial charge in [0, 0.05) is 13.1 Å². The van der Waals surface area contributed by atoms with Gasteiger partial charge < -0.3 is 4.90 Å². The van der Waals surface area contributed by atoms with Gasteiger partial charge in [0.25, 0.3) is 5.56 Å². The van der Waals surface area contributed by atoms with Gasteiger partial charge in [-0.05, 0) is 48.3 Å². The monoisotopic (exact) mass is 347 g/mol. The van der Waals surface area contributed by atoms with Gasteiger partial charge in [0.1, 0.15) is 0 Å². The first-order valence-electron chi connectivity index (χ1n) is 6.26. The van der Waals surface area contributed by atoms with E-state index in [1.54, 1.807) is 0 Å². The highest BCUT2D eigenvalue weighted by Gasteiger charge is 2.15. The molecule has 0 bridgehead atoms. The third-order valence-electron chi connectivity index (χ3n) is 3.06. The minimum atomic E-state index is 0.00428. The van der Waals surface area contributed by atoms with Crippen molar-refractivity contribution < 1.29 is 0 Å². The van der Waals surface area contributed by atoms with Gasteiger partial charge in [-0.2, -0.15) is 0 Å². The standard InChI is InChI=1S/C12H18IN3O/c1-2-6-9-10(13)11(17)15-12(14-9)16-7-4-3-5-8-16/h2-8H2,1H3,(H,14,15,17). The zero-order valence-corrected chi connectivity index (χ0v) is 12.3. The molecule has 1 aliphatic rings. The van der Waals surface area contributed by atoms with Crippen molar-refractivity contribution in [2.45, 2.75) is 39.0 Å². The molecule has 2 rings (SSSR count). The molecule has 0 radical (unpaired) electrons. The summed E-state index contributed by atoms with van der Waals surface area (Å²) < 4.78 is 0.741. The van der Waals surface area contributed by atoms with Gasteiger partial charge in [-0.15, -0.1) is 0 Å². The summed E-state index contributed by atoms with van der Waals surface area (Å²) >= 11 is 2.09. The van der Waals surface area contributed by atoms with E-state index in [1.165, 1.54) is 19.3 Å². The van der Waals surface area contributed by atoms with E-state index in [-0.39, 0.29) is 5.56 Å². The van der Waals surface area contributed by atoms with Crippen LogP contribution in [0, 0.1) is 3.57 Å². The van der Waals surface area contributed by atoms with Crippen LogP contribution in [0.3, 0.4) is 0 Å². The summed E-state index contributed by atoms with van der Waals surface area (Å²) in [5.41, 5.74) is 0.946. The first-order chi connectivity index (χ1) is 8.22. The van der Waals surface area contributed by atoms with Crippen molar-refractivity contribution in [3.05, 3.63) is 19.6 Å². The lowest BCUT2D eigenvalue weighted by atomic mass is 10.1. The van der Waals surface area contributed by atoms with E-state index in [1.807, 2.05) is 0 Å². The number of anilines is 1. The maximum Gasteiger partial charge on any atom is 0.265 e. The SMILES string of the molecule is CCCc1nc(N2CCCCC2)[nH]c(=O)c1I. The second-order valence-electron chi connectivity index (χ2n) is 4.45. The highest BCUT2D eigenvalue weighted by Crippen LogP contribution is 2.16. The maximum absolute atomic E-state index is 11.8. The Morgan fingerprint density at radius 2 is 2.06 bits per heavy atom. The number of rotatable bonds is 3. The van der Waals surface area contributed by atoms with E-state index in [0.29, 0.717) is 0 Å². The quantitative estimate of drug-likeness (QED) is 0.854. The normalized spacial score (nSPS) is 16.2. The number of aryl methyl sites for hydroxylation is 1. The average molecular weight is 347 g/mol. The van der Waals surface area contributed by atoms with Crippen LogP contribution in [0.5, 0.6) is 0 Å². The molecule has 1 aliphatic heterocycles. The molecule has 5 heteroatoms. The molecule has 4 nitrogen and oxygen atoms in total. The number of nitrogens with one attached hydrogen (secondary N) is 1. The molecule has 0 saturated carbocycles. The Kier molecular flexibility index (Phi) is 4.42. The molecule has 17 heavy (non-hydrogen) atoms. The predicted octanol–water partition coefficient (Wildman–Crippen LogP) is 2.32. The molecular formula is C12H18IN3O. The van der Waals surface area contributed by atoms with Crippen LogP contribution in [-0.2, 0) is 6.42 Å². The number of halogens is 1. The first-order valence-corrected chi connectivity index (χ1v) is 7.34. The van der Waals surface area contributed by atoms with Crippen LogP contribution in [0.25, 0.3) is 0 Å². The number of aromatic amines is 1. The number of piperidine rings is 1. The fourth-order valence-corrected chi connectivity index (χ4v) is 2.68. The van der Waals surface area contributed by atoms with Gasteiger partial charge in [0.2, 0.25) is 5.95 Å². The largest absolute Gasteiger partial charge is 0.342 e. The van der Waals surface area contributed by atoms with Crippen LogP contribution in [0.4, 0.5) is 5.95 Å². The lowest BCUT2D eigenvalue weighted by Crippen LogP contribution is -2.33. The summed E-state index contributed by atoms with van der Waals surface area (Å²) in [5.74, 6) is 0.763. The number of hydrogen-bond donors (Lipinski definition) is 1. The Balaban J connectivity index is 2.30. The van der Waals surface area contributed by atoms with E-state index in [0.717, 1.165) is 41.1 Å². The molecule has 2 heterocycles. The Labute approximate surface area is 115 Å². The highest BCUT2D eigenvalue weighted by molar-refractivity contribution is 14.1. The summed E-state index contributed by atoms with van der Waals surface area (Å²) in [6.45, 7) is 4.13. The summed E-state index contributed by atoms with van der Waals surface area (Å²) in [6.07, 6.45) is 5.57. The van der Waals surface area contributed by atoms with Gasteiger partial charge in [0.05, 0.1) is 9.26 Å². The van der Waals surface area contributed by atoms with Crippen molar-refractivity contribution >= 4 is 28.5 Å². The molecular weight excluding hydrogens is 329 g/mol. The molecule has 0 aromatic carbocycles. The van der Waals surface area contributed by atoms with Gasteiger partial charge in [-0.1, -0.05) is 13.3 Å². The van der Waals surface area contributed by atoms with E-state index >= 15 is 0 Å². The number of aromatic nitrogens is 2. The van der Waals surface area contributed by atoms with Gasteiger partial charge >= 0.3 is 0 Å².